The topological polar surface area (TPSA) is 70.3 Å². The van der Waals surface area contributed by atoms with E-state index in [4.69, 9.17) is 15.2 Å². The first-order valence-corrected chi connectivity index (χ1v) is 5.65. The minimum Gasteiger partial charge on any atom is -0.474 e. The molecule has 0 saturated carbocycles. The molecule has 0 aliphatic carbocycles. The Balaban J connectivity index is 1.88. The van der Waals surface area contributed by atoms with Gasteiger partial charge in [0.05, 0.1) is 12.3 Å². The summed E-state index contributed by atoms with van der Waals surface area (Å²) in [5.74, 6) is 0.527. The van der Waals surface area contributed by atoms with Gasteiger partial charge in [-0.15, -0.1) is 5.10 Å². The third-order valence-corrected chi connectivity index (χ3v) is 2.67. The maximum atomic E-state index is 5.59. The molecule has 1 aromatic heterocycles. The first-order valence-electron chi connectivity index (χ1n) is 5.65. The van der Waals surface area contributed by atoms with Crippen molar-refractivity contribution in [2.24, 2.45) is 5.73 Å². The summed E-state index contributed by atoms with van der Waals surface area (Å²) in [6, 6.07) is 1.82. The van der Waals surface area contributed by atoms with E-state index in [1.165, 1.54) is 6.42 Å². The van der Waals surface area contributed by atoms with Gasteiger partial charge in [-0.3, -0.25) is 0 Å². The predicted molar refractivity (Wildman–Crippen MR) is 59.0 cm³/mol. The molecule has 16 heavy (non-hydrogen) atoms. The van der Waals surface area contributed by atoms with Crippen LogP contribution < -0.4 is 10.5 Å². The average Bonchev–Trinajstić information content (AvgIpc) is 2.38. The highest BCUT2D eigenvalue weighted by molar-refractivity contribution is 5.22. The Kier molecular flexibility index (Phi) is 4.07. The normalized spacial score (nSPS) is 20.7. The number of nitrogens with two attached hydrogens (primary N) is 1. The van der Waals surface area contributed by atoms with Crippen molar-refractivity contribution in [3.63, 3.8) is 0 Å². The van der Waals surface area contributed by atoms with E-state index in [2.05, 4.69) is 10.2 Å². The molecule has 2 N–H and O–H groups in total. The van der Waals surface area contributed by atoms with Crippen LogP contribution in [-0.4, -0.2) is 29.5 Å². The van der Waals surface area contributed by atoms with Gasteiger partial charge in [0.1, 0.15) is 6.61 Å². The second-order valence-electron chi connectivity index (χ2n) is 3.87. The number of ether oxygens (including phenoxy) is 2. The molecule has 1 saturated heterocycles. The quantitative estimate of drug-likeness (QED) is 0.820. The van der Waals surface area contributed by atoms with Crippen LogP contribution in [0, 0.1) is 0 Å². The van der Waals surface area contributed by atoms with E-state index in [1.807, 2.05) is 6.07 Å². The van der Waals surface area contributed by atoms with Crippen LogP contribution in [0.15, 0.2) is 12.3 Å². The average molecular weight is 223 g/mol. The maximum Gasteiger partial charge on any atom is 0.238 e. The molecule has 2 heterocycles. The fraction of sp³-hybridized carbons (Fsp3) is 0.636. The van der Waals surface area contributed by atoms with Gasteiger partial charge in [0.25, 0.3) is 0 Å². The molecule has 5 nitrogen and oxygen atoms in total. The van der Waals surface area contributed by atoms with Crippen LogP contribution in [0.2, 0.25) is 0 Å². The van der Waals surface area contributed by atoms with Crippen molar-refractivity contribution < 1.29 is 9.47 Å². The van der Waals surface area contributed by atoms with Crippen LogP contribution >= 0.6 is 0 Å². The van der Waals surface area contributed by atoms with Crippen molar-refractivity contribution in [1.82, 2.24) is 10.2 Å². The fourth-order valence-corrected chi connectivity index (χ4v) is 1.73. The van der Waals surface area contributed by atoms with Crippen LogP contribution in [0.1, 0.15) is 24.8 Å². The lowest BCUT2D eigenvalue weighted by Gasteiger charge is -2.22. The first-order chi connectivity index (χ1) is 7.90. The van der Waals surface area contributed by atoms with Crippen molar-refractivity contribution in [2.75, 3.05) is 13.2 Å². The Labute approximate surface area is 95.0 Å². The van der Waals surface area contributed by atoms with E-state index < -0.39 is 0 Å². The van der Waals surface area contributed by atoms with E-state index in [9.17, 15) is 0 Å². The zero-order chi connectivity index (χ0) is 11.2. The van der Waals surface area contributed by atoms with Crippen LogP contribution in [0.5, 0.6) is 5.88 Å². The van der Waals surface area contributed by atoms with Crippen molar-refractivity contribution in [1.29, 1.82) is 0 Å². The van der Waals surface area contributed by atoms with E-state index in [-0.39, 0.29) is 6.10 Å². The molecule has 1 aromatic rings. The van der Waals surface area contributed by atoms with Crippen LogP contribution in [0.4, 0.5) is 0 Å². The lowest BCUT2D eigenvalue weighted by molar-refractivity contribution is -0.0123. The lowest BCUT2D eigenvalue weighted by atomic mass is 10.1. The van der Waals surface area contributed by atoms with Crippen LogP contribution in [0.25, 0.3) is 0 Å². The van der Waals surface area contributed by atoms with Gasteiger partial charge in [0.15, 0.2) is 0 Å². The molecule has 0 spiro atoms. The van der Waals surface area contributed by atoms with E-state index in [0.29, 0.717) is 19.0 Å². The molecule has 2 rings (SSSR count). The molecule has 0 radical (unpaired) electrons. The van der Waals surface area contributed by atoms with E-state index in [0.717, 1.165) is 25.0 Å². The van der Waals surface area contributed by atoms with Gasteiger partial charge in [-0.05, 0) is 25.3 Å². The number of aromatic nitrogens is 2. The Bertz CT molecular complexity index is 327. The van der Waals surface area contributed by atoms with Gasteiger partial charge < -0.3 is 15.2 Å². The largest absolute Gasteiger partial charge is 0.474 e. The molecular formula is C11H17N3O2. The molecule has 88 valence electrons. The molecule has 1 aliphatic rings. The summed E-state index contributed by atoms with van der Waals surface area (Å²) in [7, 11) is 0. The van der Waals surface area contributed by atoms with Crippen molar-refractivity contribution in [3.8, 4) is 5.88 Å². The summed E-state index contributed by atoms with van der Waals surface area (Å²) < 4.78 is 11.2. The molecule has 0 aromatic carbocycles. The Morgan fingerprint density at radius 2 is 2.44 bits per heavy atom. The molecule has 1 aliphatic heterocycles. The smallest absolute Gasteiger partial charge is 0.238 e. The minimum atomic E-state index is 0.182. The SMILES string of the molecule is NCc1ccnnc1OCC1CCCCO1. The summed E-state index contributed by atoms with van der Waals surface area (Å²) in [5.41, 5.74) is 6.46. The van der Waals surface area contributed by atoms with E-state index in [1.54, 1.807) is 6.20 Å². The van der Waals surface area contributed by atoms with Crippen LogP contribution in [0.3, 0.4) is 0 Å². The fourth-order valence-electron chi connectivity index (χ4n) is 1.73. The van der Waals surface area contributed by atoms with Gasteiger partial charge in [0, 0.05) is 18.7 Å². The van der Waals surface area contributed by atoms with Gasteiger partial charge >= 0.3 is 0 Å². The van der Waals surface area contributed by atoms with Gasteiger partial charge in [0.2, 0.25) is 5.88 Å². The molecule has 1 fully saturated rings. The van der Waals surface area contributed by atoms with Crippen molar-refractivity contribution in [2.45, 2.75) is 31.9 Å². The Hall–Kier alpha value is -1.20. The highest BCUT2D eigenvalue weighted by atomic mass is 16.5. The monoisotopic (exact) mass is 223 g/mol. The molecule has 5 heteroatoms. The first kappa shape index (κ1) is 11.3. The molecule has 0 amide bonds. The zero-order valence-electron chi connectivity index (χ0n) is 9.26. The molecule has 0 bridgehead atoms. The summed E-state index contributed by atoms with van der Waals surface area (Å²) in [6.45, 7) is 1.78. The maximum absolute atomic E-state index is 5.59. The summed E-state index contributed by atoms with van der Waals surface area (Å²) in [6.07, 6.45) is 5.21. The number of nitrogens with zero attached hydrogens (tertiary/aromatic N) is 2. The third kappa shape index (κ3) is 2.90. The second-order valence-corrected chi connectivity index (χ2v) is 3.87. The standard InChI is InChI=1S/C11H17N3O2/c12-7-9-4-5-13-14-11(9)16-8-10-3-1-2-6-15-10/h4-5,10H,1-3,6-8,12H2. The minimum absolute atomic E-state index is 0.182. The van der Waals surface area contributed by atoms with Crippen molar-refractivity contribution in [3.05, 3.63) is 17.8 Å². The second kappa shape index (κ2) is 5.77. The predicted octanol–water partition coefficient (Wildman–Crippen LogP) is 0.883. The molecule has 1 unspecified atom stereocenters. The Morgan fingerprint density at radius 3 is 3.19 bits per heavy atom. The van der Waals surface area contributed by atoms with Gasteiger partial charge in [-0.25, -0.2) is 0 Å². The van der Waals surface area contributed by atoms with Crippen LogP contribution in [-0.2, 0) is 11.3 Å². The molecule has 1 atom stereocenters. The van der Waals surface area contributed by atoms with Gasteiger partial charge in [-0.2, -0.15) is 5.10 Å². The number of hydrogen-bond donors (Lipinski definition) is 1. The third-order valence-electron chi connectivity index (χ3n) is 2.67. The number of rotatable bonds is 4. The number of hydrogen-bond acceptors (Lipinski definition) is 5. The highest BCUT2D eigenvalue weighted by Crippen LogP contribution is 2.16. The Morgan fingerprint density at radius 1 is 1.50 bits per heavy atom. The lowest BCUT2D eigenvalue weighted by Crippen LogP contribution is -2.26. The summed E-state index contributed by atoms with van der Waals surface area (Å²) >= 11 is 0. The van der Waals surface area contributed by atoms with Gasteiger partial charge in [-0.1, -0.05) is 0 Å². The summed E-state index contributed by atoms with van der Waals surface area (Å²) in [4.78, 5) is 0. The zero-order valence-corrected chi connectivity index (χ0v) is 9.26. The van der Waals surface area contributed by atoms with Crippen molar-refractivity contribution >= 4 is 0 Å². The van der Waals surface area contributed by atoms with E-state index >= 15 is 0 Å². The summed E-state index contributed by atoms with van der Waals surface area (Å²) in [5, 5.41) is 7.71. The molecular weight excluding hydrogens is 206 g/mol. The highest BCUT2D eigenvalue weighted by Gasteiger charge is 2.15.